The van der Waals surface area contributed by atoms with E-state index in [0.29, 0.717) is 11.6 Å². The van der Waals surface area contributed by atoms with Crippen molar-refractivity contribution in [2.45, 2.75) is 19.4 Å². The lowest BCUT2D eigenvalue weighted by atomic mass is 10.4. The minimum absolute atomic E-state index is 0.0274. The third-order valence-corrected chi connectivity index (χ3v) is 3.19. The van der Waals surface area contributed by atoms with E-state index in [2.05, 4.69) is 35.8 Å². The molecule has 0 saturated carbocycles. The highest BCUT2D eigenvalue weighted by atomic mass is 16.2. The summed E-state index contributed by atoms with van der Waals surface area (Å²) in [5.41, 5.74) is 3.07. The van der Waals surface area contributed by atoms with Crippen molar-refractivity contribution in [3.8, 4) is 0 Å². The molecule has 2 aromatic rings. The van der Waals surface area contributed by atoms with Crippen molar-refractivity contribution in [1.29, 1.82) is 0 Å². The molecule has 3 rings (SSSR count). The van der Waals surface area contributed by atoms with Gasteiger partial charge in [0.05, 0.1) is 11.9 Å². The van der Waals surface area contributed by atoms with Crippen LogP contribution in [0.4, 0.5) is 5.95 Å². The maximum absolute atomic E-state index is 11.7. The van der Waals surface area contributed by atoms with Gasteiger partial charge in [-0.15, -0.1) is 5.10 Å². The third kappa shape index (κ3) is 3.62. The second-order valence-electron chi connectivity index (χ2n) is 4.86. The van der Waals surface area contributed by atoms with E-state index in [1.807, 2.05) is 12.1 Å². The smallest absolute Gasteiger partial charge is 0.266 e. The molecule has 0 unspecified atom stereocenters. The van der Waals surface area contributed by atoms with Gasteiger partial charge < -0.3 is 4.90 Å². The van der Waals surface area contributed by atoms with Crippen molar-refractivity contribution in [2.24, 2.45) is 5.10 Å². The Kier molecular flexibility index (Phi) is 4.33. The van der Waals surface area contributed by atoms with Crippen LogP contribution in [0.2, 0.25) is 0 Å². The first-order valence-corrected chi connectivity index (χ1v) is 7.07. The van der Waals surface area contributed by atoms with E-state index in [-0.39, 0.29) is 12.5 Å². The molecule has 1 N–H and O–H groups in total. The molecule has 22 heavy (non-hydrogen) atoms. The standard InChI is InChI=1S/C13H16N8O/c22-12(16-15-9-11-5-1-2-6-14-11)10-21-18-13(17-19-21)20-7-3-4-8-20/h1-2,5-6,9H,3-4,7-8,10H2,(H,16,22). The van der Waals surface area contributed by atoms with Gasteiger partial charge in [0.25, 0.3) is 11.9 Å². The highest BCUT2D eigenvalue weighted by molar-refractivity contribution is 5.80. The van der Waals surface area contributed by atoms with Crippen molar-refractivity contribution in [1.82, 2.24) is 30.6 Å². The quantitative estimate of drug-likeness (QED) is 0.607. The summed E-state index contributed by atoms with van der Waals surface area (Å²) in [5, 5.41) is 15.9. The lowest BCUT2D eigenvalue weighted by Crippen LogP contribution is -2.25. The second kappa shape index (κ2) is 6.74. The first kappa shape index (κ1) is 14.1. The third-order valence-electron chi connectivity index (χ3n) is 3.19. The monoisotopic (exact) mass is 300 g/mol. The summed E-state index contributed by atoms with van der Waals surface area (Å²) in [6, 6.07) is 5.44. The predicted octanol–water partition coefficient (Wildman–Crippen LogP) is -0.181. The van der Waals surface area contributed by atoms with Gasteiger partial charge in [0.2, 0.25) is 0 Å². The minimum atomic E-state index is -0.322. The average Bonchev–Trinajstić information content (AvgIpc) is 3.19. The van der Waals surface area contributed by atoms with E-state index in [0.717, 1.165) is 25.9 Å². The first-order chi connectivity index (χ1) is 10.8. The molecule has 0 radical (unpaired) electrons. The van der Waals surface area contributed by atoms with Gasteiger partial charge in [0.1, 0.15) is 6.54 Å². The van der Waals surface area contributed by atoms with Gasteiger partial charge in [-0.2, -0.15) is 9.90 Å². The number of pyridine rings is 1. The Balaban J connectivity index is 1.50. The number of anilines is 1. The van der Waals surface area contributed by atoms with Gasteiger partial charge in [-0.05, 0) is 30.2 Å². The molecule has 3 heterocycles. The molecule has 0 spiro atoms. The summed E-state index contributed by atoms with van der Waals surface area (Å²) in [5.74, 6) is 0.250. The molecule has 1 amide bonds. The topological polar surface area (TPSA) is 101 Å². The van der Waals surface area contributed by atoms with Crippen molar-refractivity contribution in [3.63, 3.8) is 0 Å². The number of amides is 1. The largest absolute Gasteiger partial charge is 0.338 e. The van der Waals surface area contributed by atoms with Gasteiger partial charge in [-0.1, -0.05) is 11.2 Å². The van der Waals surface area contributed by atoms with Crippen LogP contribution >= 0.6 is 0 Å². The number of hydrogen-bond donors (Lipinski definition) is 1. The van der Waals surface area contributed by atoms with Crippen LogP contribution in [-0.4, -0.2) is 50.4 Å². The molecule has 2 aromatic heterocycles. The van der Waals surface area contributed by atoms with Crippen molar-refractivity contribution < 1.29 is 4.79 Å². The number of tetrazole rings is 1. The summed E-state index contributed by atoms with van der Waals surface area (Å²) in [6.07, 6.45) is 5.40. The number of hydrogen-bond acceptors (Lipinski definition) is 7. The molecular weight excluding hydrogens is 284 g/mol. The molecule has 9 nitrogen and oxygen atoms in total. The lowest BCUT2D eigenvalue weighted by Gasteiger charge is -2.09. The highest BCUT2D eigenvalue weighted by Crippen LogP contribution is 2.13. The van der Waals surface area contributed by atoms with Gasteiger partial charge in [-0.25, -0.2) is 5.43 Å². The Hall–Kier alpha value is -2.84. The van der Waals surface area contributed by atoms with Crippen LogP contribution in [0, 0.1) is 0 Å². The maximum atomic E-state index is 11.7. The molecular formula is C13H16N8O. The van der Waals surface area contributed by atoms with E-state index in [9.17, 15) is 4.79 Å². The fourth-order valence-electron chi connectivity index (χ4n) is 2.13. The molecule has 1 saturated heterocycles. The summed E-state index contributed by atoms with van der Waals surface area (Å²) in [7, 11) is 0. The number of nitrogens with zero attached hydrogens (tertiary/aromatic N) is 7. The highest BCUT2D eigenvalue weighted by Gasteiger charge is 2.17. The minimum Gasteiger partial charge on any atom is -0.338 e. The first-order valence-electron chi connectivity index (χ1n) is 7.07. The maximum Gasteiger partial charge on any atom is 0.266 e. The predicted molar refractivity (Wildman–Crippen MR) is 79.2 cm³/mol. The Labute approximate surface area is 127 Å². The SMILES string of the molecule is O=C(Cn1nnc(N2CCCC2)n1)NN=Cc1ccccn1. The van der Waals surface area contributed by atoms with Gasteiger partial charge in [-0.3, -0.25) is 9.78 Å². The Morgan fingerprint density at radius 1 is 1.36 bits per heavy atom. The number of carbonyl (C=O) groups is 1. The molecule has 9 heteroatoms. The Morgan fingerprint density at radius 3 is 3.00 bits per heavy atom. The Bertz CT molecular complexity index is 647. The zero-order valence-corrected chi connectivity index (χ0v) is 12.0. The molecule has 1 aliphatic rings. The van der Waals surface area contributed by atoms with Crippen LogP contribution in [0.5, 0.6) is 0 Å². The fourth-order valence-corrected chi connectivity index (χ4v) is 2.13. The molecule has 0 aliphatic carbocycles. The normalized spacial score (nSPS) is 14.6. The zero-order chi connectivity index (χ0) is 15.2. The zero-order valence-electron chi connectivity index (χ0n) is 12.0. The number of hydrazone groups is 1. The molecule has 114 valence electrons. The van der Waals surface area contributed by atoms with Crippen LogP contribution in [0.3, 0.4) is 0 Å². The second-order valence-corrected chi connectivity index (χ2v) is 4.86. The number of carbonyl (C=O) groups excluding carboxylic acids is 1. The van der Waals surface area contributed by atoms with E-state index in [1.54, 1.807) is 12.3 Å². The number of aromatic nitrogens is 5. The summed E-state index contributed by atoms with van der Waals surface area (Å²) in [4.78, 5) is 19.1. The molecule has 1 aliphatic heterocycles. The van der Waals surface area contributed by atoms with Gasteiger partial charge in [0, 0.05) is 19.3 Å². The summed E-state index contributed by atoms with van der Waals surface area (Å²) >= 11 is 0. The van der Waals surface area contributed by atoms with Crippen LogP contribution < -0.4 is 10.3 Å². The van der Waals surface area contributed by atoms with Gasteiger partial charge >= 0.3 is 0 Å². The van der Waals surface area contributed by atoms with Gasteiger partial charge in [0.15, 0.2) is 0 Å². The van der Waals surface area contributed by atoms with Crippen LogP contribution in [0.15, 0.2) is 29.5 Å². The van der Waals surface area contributed by atoms with E-state index >= 15 is 0 Å². The van der Waals surface area contributed by atoms with Crippen LogP contribution in [-0.2, 0) is 11.3 Å². The number of rotatable bonds is 5. The van der Waals surface area contributed by atoms with E-state index in [1.165, 1.54) is 11.0 Å². The summed E-state index contributed by atoms with van der Waals surface area (Å²) in [6.45, 7) is 1.85. The van der Waals surface area contributed by atoms with Crippen LogP contribution in [0.1, 0.15) is 18.5 Å². The van der Waals surface area contributed by atoms with Crippen LogP contribution in [0.25, 0.3) is 0 Å². The lowest BCUT2D eigenvalue weighted by molar-refractivity contribution is -0.122. The van der Waals surface area contributed by atoms with E-state index in [4.69, 9.17) is 0 Å². The summed E-state index contributed by atoms with van der Waals surface area (Å²) < 4.78 is 0. The molecule has 0 bridgehead atoms. The molecule has 1 fully saturated rings. The van der Waals surface area contributed by atoms with E-state index < -0.39 is 0 Å². The molecule has 0 atom stereocenters. The van der Waals surface area contributed by atoms with Crippen molar-refractivity contribution >= 4 is 18.1 Å². The fraction of sp³-hybridized carbons (Fsp3) is 0.385. The van der Waals surface area contributed by atoms with Crippen molar-refractivity contribution in [3.05, 3.63) is 30.1 Å². The Morgan fingerprint density at radius 2 is 2.23 bits per heavy atom. The average molecular weight is 300 g/mol. The number of nitrogens with one attached hydrogen (secondary N) is 1. The molecule has 0 aromatic carbocycles. The van der Waals surface area contributed by atoms with Crippen molar-refractivity contribution in [2.75, 3.05) is 18.0 Å².